The maximum Gasteiger partial charge on any atom is 0.232 e. The number of anilines is 1. The second kappa shape index (κ2) is 9.92. The number of benzene rings is 2. The van der Waals surface area contributed by atoms with E-state index in [0.717, 1.165) is 28.7 Å². The van der Waals surface area contributed by atoms with Crippen LogP contribution in [0.3, 0.4) is 0 Å². The molecule has 0 spiro atoms. The van der Waals surface area contributed by atoms with E-state index in [0.29, 0.717) is 12.1 Å². The lowest BCUT2D eigenvalue weighted by atomic mass is 9.99. The summed E-state index contributed by atoms with van der Waals surface area (Å²) in [4.78, 5) is 12.5. The van der Waals surface area contributed by atoms with Crippen molar-refractivity contribution in [2.75, 3.05) is 17.1 Å². The molecule has 0 saturated heterocycles. The highest BCUT2D eigenvalue weighted by Gasteiger charge is 2.20. The number of rotatable bonds is 9. The molecule has 1 N–H and O–H groups in total. The molecule has 2 aromatic carbocycles. The lowest BCUT2D eigenvalue weighted by molar-refractivity contribution is -0.121. The van der Waals surface area contributed by atoms with Crippen LogP contribution in [0, 0.1) is 20.8 Å². The van der Waals surface area contributed by atoms with Crippen LogP contribution >= 0.6 is 0 Å². The third-order valence-electron chi connectivity index (χ3n) is 5.32. The maximum atomic E-state index is 12.5. The zero-order valence-corrected chi connectivity index (χ0v) is 18.8. The number of nitrogens with one attached hydrogen (secondary N) is 1. The van der Waals surface area contributed by atoms with Crippen LogP contribution in [0.4, 0.5) is 5.69 Å². The van der Waals surface area contributed by atoms with Crippen molar-refractivity contribution < 1.29 is 13.2 Å². The molecule has 0 radical (unpaired) electrons. The van der Waals surface area contributed by atoms with Crippen molar-refractivity contribution in [2.24, 2.45) is 0 Å². The van der Waals surface area contributed by atoms with Gasteiger partial charge in [0.1, 0.15) is 0 Å². The molecule has 0 bridgehead atoms. The lowest BCUT2D eigenvalue weighted by Gasteiger charge is -2.25. The van der Waals surface area contributed by atoms with Gasteiger partial charge in [-0.1, -0.05) is 43.3 Å². The number of carbonyl (C=O) groups is 1. The molecule has 1 unspecified atom stereocenters. The molecule has 2 aromatic rings. The number of aryl methyl sites for hydroxylation is 2. The highest BCUT2D eigenvalue weighted by molar-refractivity contribution is 7.92. The molecule has 0 aliphatic heterocycles. The van der Waals surface area contributed by atoms with Gasteiger partial charge < -0.3 is 5.32 Å². The Hall–Kier alpha value is -2.34. The molecule has 2 rings (SSSR count). The monoisotopic (exact) mass is 416 g/mol. The minimum Gasteiger partial charge on any atom is -0.349 e. The van der Waals surface area contributed by atoms with E-state index >= 15 is 0 Å². The summed E-state index contributed by atoms with van der Waals surface area (Å²) in [7, 11) is -3.43. The fourth-order valence-electron chi connectivity index (χ4n) is 3.50. The van der Waals surface area contributed by atoms with E-state index in [9.17, 15) is 13.2 Å². The summed E-state index contributed by atoms with van der Waals surface area (Å²) in [6, 6.07) is 13.6. The Kier molecular flexibility index (Phi) is 7.85. The molecular weight excluding hydrogens is 384 g/mol. The molecule has 0 aliphatic rings. The second-order valence-corrected chi connectivity index (χ2v) is 9.45. The van der Waals surface area contributed by atoms with Gasteiger partial charge in [-0.15, -0.1) is 0 Å². The number of hydrogen-bond acceptors (Lipinski definition) is 3. The molecule has 29 heavy (non-hydrogen) atoms. The molecule has 1 atom stereocenters. The minimum atomic E-state index is -3.43. The van der Waals surface area contributed by atoms with Crippen molar-refractivity contribution in [3.8, 4) is 0 Å². The van der Waals surface area contributed by atoms with Gasteiger partial charge in [0, 0.05) is 13.0 Å². The topological polar surface area (TPSA) is 66.5 Å². The summed E-state index contributed by atoms with van der Waals surface area (Å²) < 4.78 is 26.1. The zero-order chi connectivity index (χ0) is 21.6. The van der Waals surface area contributed by atoms with Crippen LogP contribution in [0.5, 0.6) is 0 Å². The molecule has 0 aliphatic carbocycles. The third-order valence-corrected chi connectivity index (χ3v) is 6.50. The molecule has 5 nitrogen and oxygen atoms in total. The van der Waals surface area contributed by atoms with Crippen LogP contribution in [-0.4, -0.2) is 27.1 Å². The summed E-state index contributed by atoms with van der Waals surface area (Å²) in [6.45, 7) is 8.24. The molecule has 0 saturated carbocycles. The van der Waals surface area contributed by atoms with Gasteiger partial charge >= 0.3 is 0 Å². The molecule has 158 valence electrons. The van der Waals surface area contributed by atoms with Crippen molar-refractivity contribution in [1.29, 1.82) is 0 Å². The van der Waals surface area contributed by atoms with Crippen molar-refractivity contribution >= 4 is 21.6 Å². The molecule has 0 fully saturated rings. The standard InChI is InChI=1S/C23H32N2O3S/c1-6-21(20-13-8-7-11-18(20)3)24-23(26)15-10-16-25(29(5,27)28)22-14-9-12-17(2)19(22)4/h7-9,11-14,21H,6,10,15-16H2,1-5H3,(H,24,26). The van der Waals surface area contributed by atoms with E-state index < -0.39 is 10.0 Å². The van der Waals surface area contributed by atoms with Crippen LogP contribution in [0.15, 0.2) is 42.5 Å². The molecule has 1 amide bonds. The van der Waals surface area contributed by atoms with Gasteiger partial charge in [0.25, 0.3) is 0 Å². The molecular formula is C23H32N2O3S. The van der Waals surface area contributed by atoms with Gasteiger partial charge in [-0.2, -0.15) is 0 Å². The Labute approximate surface area is 175 Å². The summed E-state index contributed by atoms with van der Waals surface area (Å²) in [6.07, 6.45) is 2.74. The SMILES string of the molecule is CCC(NC(=O)CCCN(c1cccc(C)c1C)S(C)(=O)=O)c1ccccc1C. The van der Waals surface area contributed by atoms with E-state index in [1.807, 2.05) is 70.2 Å². The molecule has 0 aromatic heterocycles. The predicted octanol–water partition coefficient (Wildman–Crippen LogP) is 4.43. The molecule has 0 heterocycles. The Balaban J connectivity index is 2.03. The van der Waals surface area contributed by atoms with Gasteiger partial charge in [-0.05, 0) is 61.9 Å². The van der Waals surface area contributed by atoms with Gasteiger partial charge in [0.15, 0.2) is 0 Å². The van der Waals surface area contributed by atoms with Gasteiger partial charge in [-0.25, -0.2) is 8.42 Å². The van der Waals surface area contributed by atoms with E-state index in [2.05, 4.69) is 5.32 Å². The second-order valence-electron chi connectivity index (χ2n) is 7.54. The Morgan fingerprint density at radius 2 is 1.69 bits per heavy atom. The van der Waals surface area contributed by atoms with Crippen LogP contribution < -0.4 is 9.62 Å². The fourth-order valence-corrected chi connectivity index (χ4v) is 4.51. The van der Waals surface area contributed by atoms with Crippen molar-refractivity contribution in [3.05, 3.63) is 64.7 Å². The van der Waals surface area contributed by atoms with E-state index in [1.165, 1.54) is 10.6 Å². The first-order valence-electron chi connectivity index (χ1n) is 10.0. The van der Waals surface area contributed by atoms with Crippen molar-refractivity contribution in [3.63, 3.8) is 0 Å². The van der Waals surface area contributed by atoms with Crippen LogP contribution in [0.2, 0.25) is 0 Å². The first-order chi connectivity index (χ1) is 13.6. The number of hydrogen-bond donors (Lipinski definition) is 1. The van der Waals surface area contributed by atoms with E-state index in [1.54, 1.807) is 0 Å². The van der Waals surface area contributed by atoms with E-state index in [-0.39, 0.29) is 24.9 Å². The van der Waals surface area contributed by atoms with Gasteiger partial charge in [0.05, 0.1) is 18.0 Å². The van der Waals surface area contributed by atoms with E-state index in [4.69, 9.17) is 0 Å². The number of nitrogens with zero attached hydrogens (tertiary/aromatic N) is 1. The number of amides is 1. The summed E-state index contributed by atoms with van der Waals surface area (Å²) in [5, 5.41) is 3.09. The van der Waals surface area contributed by atoms with Crippen LogP contribution in [-0.2, 0) is 14.8 Å². The smallest absolute Gasteiger partial charge is 0.232 e. The minimum absolute atomic E-state index is 0.0336. The summed E-state index contributed by atoms with van der Waals surface area (Å²) in [5.41, 5.74) is 4.93. The predicted molar refractivity (Wildman–Crippen MR) is 120 cm³/mol. The Bertz CT molecular complexity index is 954. The van der Waals surface area contributed by atoms with Gasteiger partial charge in [0.2, 0.25) is 15.9 Å². The number of carbonyl (C=O) groups excluding carboxylic acids is 1. The highest BCUT2D eigenvalue weighted by atomic mass is 32.2. The lowest BCUT2D eigenvalue weighted by Crippen LogP contribution is -2.33. The average molecular weight is 417 g/mol. The quantitative estimate of drug-likeness (QED) is 0.658. The average Bonchev–Trinajstić information content (AvgIpc) is 2.66. The van der Waals surface area contributed by atoms with Gasteiger partial charge in [-0.3, -0.25) is 9.10 Å². The summed E-state index contributed by atoms with van der Waals surface area (Å²) in [5.74, 6) is -0.0606. The molecule has 6 heteroatoms. The van der Waals surface area contributed by atoms with Crippen LogP contribution in [0.25, 0.3) is 0 Å². The first kappa shape index (κ1) is 22.9. The Morgan fingerprint density at radius 1 is 1.03 bits per heavy atom. The third kappa shape index (κ3) is 6.07. The maximum absolute atomic E-state index is 12.5. The zero-order valence-electron chi connectivity index (χ0n) is 18.0. The highest BCUT2D eigenvalue weighted by Crippen LogP contribution is 2.25. The normalized spacial score (nSPS) is 12.4. The first-order valence-corrected chi connectivity index (χ1v) is 11.9. The Morgan fingerprint density at radius 3 is 2.31 bits per heavy atom. The van der Waals surface area contributed by atoms with Crippen molar-refractivity contribution in [2.45, 2.75) is 53.0 Å². The fraction of sp³-hybridized carbons (Fsp3) is 0.435. The van der Waals surface area contributed by atoms with Crippen molar-refractivity contribution in [1.82, 2.24) is 5.32 Å². The van der Waals surface area contributed by atoms with Crippen LogP contribution in [0.1, 0.15) is 54.5 Å². The number of sulfonamides is 1. The largest absolute Gasteiger partial charge is 0.349 e. The summed E-state index contributed by atoms with van der Waals surface area (Å²) >= 11 is 0.